The average molecular weight is 401 g/mol. The van der Waals surface area contributed by atoms with Crippen molar-refractivity contribution in [2.45, 2.75) is 44.6 Å². The Hall–Kier alpha value is -1.11. The van der Waals surface area contributed by atoms with Gasteiger partial charge in [-0.2, -0.15) is 0 Å². The predicted molar refractivity (Wildman–Crippen MR) is 89.0 cm³/mol. The molecule has 5 heteroatoms. The van der Waals surface area contributed by atoms with Crippen LogP contribution in [-0.4, -0.2) is 23.0 Å². The summed E-state index contributed by atoms with van der Waals surface area (Å²) >= 11 is 2.21. The molecule has 1 aliphatic carbocycles. The smallest absolute Gasteiger partial charge is 0.326 e. The summed E-state index contributed by atoms with van der Waals surface area (Å²) in [5, 5.41) is 12.0. The maximum absolute atomic E-state index is 12.2. The van der Waals surface area contributed by atoms with Crippen LogP contribution in [0.4, 0.5) is 0 Å². The van der Waals surface area contributed by atoms with Gasteiger partial charge in [-0.3, -0.25) is 4.79 Å². The zero-order chi connectivity index (χ0) is 15.2. The minimum atomic E-state index is -0.974. The topological polar surface area (TPSA) is 66.4 Å². The van der Waals surface area contributed by atoms with E-state index in [1.54, 1.807) is 0 Å². The van der Waals surface area contributed by atoms with Crippen molar-refractivity contribution in [3.8, 4) is 0 Å². The van der Waals surface area contributed by atoms with Crippen molar-refractivity contribution < 1.29 is 14.7 Å². The molecular formula is C16H20INO3. The van der Waals surface area contributed by atoms with Gasteiger partial charge in [0.25, 0.3) is 0 Å². The van der Waals surface area contributed by atoms with Crippen LogP contribution in [0.1, 0.15) is 37.7 Å². The Bertz CT molecular complexity index is 495. The lowest BCUT2D eigenvalue weighted by molar-refractivity contribution is -0.142. The van der Waals surface area contributed by atoms with Crippen LogP contribution < -0.4 is 5.32 Å². The van der Waals surface area contributed by atoms with E-state index in [1.807, 2.05) is 24.3 Å². The second kappa shape index (κ2) is 7.77. The maximum Gasteiger partial charge on any atom is 0.326 e. The molecule has 0 radical (unpaired) electrons. The van der Waals surface area contributed by atoms with Crippen LogP contribution in [-0.2, 0) is 16.0 Å². The van der Waals surface area contributed by atoms with Crippen molar-refractivity contribution in [1.29, 1.82) is 0 Å². The number of carbonyl (C=O) groups excluding carboxylic acids is 1. The van der Waals surface area contributed by atoms with E-state index in [0.29, 0.717) is 6.42 Å². The lowest BCUT2D eigenvalue weighted by atomic mass is 9.88. The summed E-state index contributed by atoms with van der Waals surface area (Å²) in [4.78, 5) is 23.6. The van der Waals surface area contributed by atoms with E-state index >= 15 is 0 Å². The van der Waals surface area contributed by atoms with Crippen LogP contribution in [0.5, 0.6) is 0 Å². The Morgan fingerprint density at radius 1 is 1.19 bits per heavy atom. The highest BCUT2D eigenvalue weighted by molar-refractivity contribution is 14.1. The summed E-state index contributed by atoms with van der Waals surface area (Å²) in [6, 6.07) is 6.85. The highest BCUT2D eigenvalue weighted by Crippen LogP contribution is 2.23. The summed E-state index contributed by atoms with van der Waals surface area (Å²) in [6.45, 7) is 0. The molecule has 0 spiro atoms. The SMILES string of the molecule is O=C(N[C@H](Cc1ccc(I)cc1)C(=O)O)C1CCCCC1. The van der Waals surface area contributed by atoms with Gasteiger partial charge in [-0.05, 0) is 53.1 Å². The van der Waals surface area contributed by atoms with E-state index in [0.717, 1.165) is 34.8 Å². The Balaban J connectivity index is 1.96. The second-order valence-electron chi connectivity index (χ2n) is 5.56. The van der Waals surface area contributed by atoms with Gasteiger partial charge in [-0.15, -0.1) is 0 Å². The standard InChI is InChI=1S/C16H20INO3/c17-13-8-6-11(7-9-13)10-14(16(20)21)18-15(19)12-4-2-1-3-5-12/h6-9,12,14H,1-5,10H2,(H,18,19)(H,20,21)/t14-/m1/s1. The summed E-state index contributed by atoms with van der Waals surface area (Å²) in [5.74, 6) is -1.09. The summed E-state index contributed by atoms with van der Waals surface area (Å²) in [6.07, 6.45) is 5.38. The molecule has 0 bridgehead atoms. The fourth-order valence-corrected chi connectivity index (χ4v) is 3.07. The van der Waals surface area contributed by atoms with Crippen molar-refractivity contribution in [1.82, 2.24) is 5.32 Å². The van der Waals surface area contributed by atoms with Crippen molar-refractivity contribution in [3.63, 3.8) is 0 Å². The molecular weight excluding hydrogens is 381 g/mol. The number of hydrogen-bond acceptors (Lipinski definition) is 2. The minimum Gasteiger partial charge on any atom is -0.480 e. The monoisotopic (exact) mass is 401 g/mol. The molecule has 114 valence electrons. The molecule has 0 aromatic heterocycles. The Labute approximate surface area is 138 Å². The van der Waals surface area contributed by atoms with Gasteiger partial charge in [-0.1, -0.05) is 31.4 Å². The van der Waals surface area contributed by atoms with Gasteiger partial charge in [0, 0.05) is 15.9 Å². The first-order valence-corrected chi connectivity index (χ1v) is 8.42. The first-order chi connectivity index (χ1) is 10.1. The number of benzene rings is 1. The zero-order valence-electron chi connectivity index (χ0n) is 11.8. The number of carbonyl (C=O) groups is 2. The third-order valence-corrected chi connectivity index (χ3v) is 4.66. The summed E-state index contributed by atoms with van der Waals surface area (Å²) < 4.78 is 1.11. The molecule has 1 aromatic carbocycles. The molecule has 2 N–H and O–H groups in total. The second-order valence-corrected chi connectivity index (χ2v) is 6.81. The number of hydrogen-bond donors (Lipinski definition) is 2. The van der Waals surface area contributed by atoms with Crippen LogP contribution in [0.3, 0.4) is 0 Å². The predicted octanol–water partition coefficient (Wildman–Crippen LogP) is 2.98. The van der Waals surface area contributed by atoms with Gasteiger partial charge >= 0.3 is 5.97 Å². The molecule has 0 heterocycles. The van der Waals surface area contributed by atoms with Gasteiger partial charge in [-0.25, -0.2) is 4.79 Å². The number of halogens is 1. The van der Waals surface area contributed by atoms with Crippen molar-refractivity contribution in [2.75, 3.05) is 0 Å². The molecule has 1 aromatic rings. The fourth-order valence-electron chi connectivity index (χ4n) is 2.71. The average Bonchev–Trinajstić information content (AvgIpc) is 2.49. The van der Waals surface area contributed by atoms with E-state index in [9.17, 15) is 14.7 Å². The first kappa shape index (κ1) is 16.3. The van der Waals surface area contributed by atoms with Gasteiger partial charge in [0.15, 0.2) is 0 Å². The first-order valence-electron chi connectivity index (χ1n) is 7.34. The van der Waals surface area contributed by atoms with E-state index < -0.39 is 12.0 Å². The molecule has 0 aliphatic heterocycles. The number of rotatable bonds is 5. The van der Waals surface area contributed by atoms with Crippen LogP contribution in [0.15, 0.2) is 24.3 Å². The Morgan fingerprint density at radius 3 is 2.38 bits per heavy atom. The highest BCUT2D eigenvalue weighted by atomic mass is 127. The number of aliphatic carboxylic acids is 1. The number of amides is 1. The molecule has 2 rings (SSSR count). The molecule has 1 amide bonds. The molecule has 1 fully saturated rings. The van der Waals surface area contributed by atoms with Gasteiger partial charge < -0.3 is 10.4 Å². The third kappa shape index (κ3) is 4.98. The summed E-state index contributed by atoms with van der Waals surface area (Å²) in [5.41, 5.74) is 0.923. The van der Waals surface area contributed by atoms with E-state index in [1.165, 1.54) is 6.42 Å². The molecule has 21 heavy (non-hydrogen) atoms. The summed E-state index contributed by atoms with van der Waals surface area (Å²) in [7, 11) is 0. The number of nitrogens with one attached hydrogen (secondary N) is 1. The molecule has 4 nitrogen and oxygen atoms in total. The number of carboxylic acids is 1. The van der Waals surface area contributed by atoms with Crippen LogP contribution in [0.2, 0.25) is 0 Å². The molecule has 1 atom stereocenters. The largest absolute Gasteiger partial charge is 0.480 e. The van der Waals surface area contributed by atoms with Crippen molar-refractivity contribution in [2.24, 2.45) is 5.92 Å². The third-order valence-electron chi connectivity index (χ3n) is 3.94. The Morgan fingerprint density at radius 2 is 1.81 bits per heavy atom. The van der Waals surface area contributed by atoms with Crippen LogP contribution in [0.25, 0.3) is 0 Å². The van der Waals surface area contributed by atoms with Crippen molar-refractivity contribution in [3.05, 3.63) is 33.4 Å². The molecule has 1 saturated carbocycles. The fraction of sp³-hybridized carbons (Fsp3) is 0.500. The van der Waals surface area contributed by atoms with Gasteiger partial charge in [0.05, 0.1) is 0 Å². The van der Waals surface area contributed by atoms with Crippen LogP contribution >= 0.6 is 22.6 Å². The van der Waals surface area contributed by atoms with Gasteiger partial charge in [0.1, 0.15) is 6.04 Å². The molecule has 1 aliphatic rings. The molecule has 0 saturated heterocycles. The van der Waals surface area contributed by atoms with E-state index in [2.05, 4.69) is 27.9 Å². The van der Waals surface area contributed by atoms with Crippen LogP contribution in [0, 0.1) is 9.49 Å². The highest BCUT2D eigenvalue weighted by Gasteiger charge is 2.26. The Kier molecular flexibility index (Phi) is 6.02. The lowest BCUT2D eigenvalue weighted by Crippen LogP contribution is -2.45. The van der Waals surface area contributed by atoms with Crippen molar-refractivity contribution >= 4 is 34.5 Å². The number of carboxylic acid groups (broad SMARTS) is 1. The quantitative estimate of drug-likeness (QED) is 0.746. The van der Waals surface area contributed by atoms with E-state index in [4.69, 9.17) is 0 Å². The van der Waals surface area contributed by atoms with Gasteiger partial charge in [0.2, 0.25) is 5.91 Å². The normalized spacial score (nSPS) is 17.2. The zero-order valence-corrected chi connectivity index (χ0v) is 14.0. The minimum absolute atomic E-state index is 0.0164. The maximum atomic E-state index is 12.2. The van der Waals surface area contributed by atoms with E-state index in [-0.39, 0.29) is 11.8 Å². The lowest BCUT2D eigenvalue weighted by Gasteiger charge is -2.23. The molecule has 0 unspecified atom stereocenters.